The first-order valence-electron chi connectivity index (χ1n) is 10.4. The van der Waals surface area contributed by atoms with Crippen LogP contribution in [-0.2, 0) is 28.5 Å². The molecule has 0 heterocycles. The fourth-order valence-corrected chi connectivity index (χ4v) is 3.80. The number of thioether (sulfide) groups is 2. The van der Waals surface area contributed by atoms with Crippen molar-refractivity contribution in [3.63, 3.8) is 0 Å². The predicted molar refractivity (Wildman–Crippen MR) is 124 cm³/mol. The van der Waals surface area contributed by atoms with Crippen molar-refractivity contribution in [3.8, 4) is 0 Å². The topological polar surface area (TPSA) is 105 Å². The number of benzene rings is 1. The molecule has 1 aromatic carbocycles. The van der Waals surface area contributed by atoms with E-state index >= 15 is 0 Å². The van der Waals surface area contributed by atoms with Crippen molar-refractivity contribution < 1.29 is 38.1 Å². The van der Waals surface area contributed by atoms with Crippen LogP contribution in [0.3, 0.4) is 0 Å². The monoisotopic (exact) mass is 486 g/mol. The summed E-state index contributed by atoms with van der Waals surface area (Å²) in [4.78, 5) is 47.3. The van der Waals surface area contributed by atoms with Gasteiger partial charge in [-0.2, -0.15) is 23.5 Å². The maximum atomic E-state index is 12.4. The molecular weight excluding hydrogens is 456 g/mol. The van der Waals surface area contributed by atoms with Gasteiger partial charge in [0.15, 0.2) is 0 Å². The van der Waals surface area contributed by atoms with Crippen LogP contribution in [0.15, 0.2) is 24.3 Å². The van der Waals surface area contributed by atoms with Crippen LogP contribution in [0, 0.1) is 0 Å². The maximum Gasteiger partial charge on any atom is 0.339 e. The standard InChI is InChI=1S/C22H30O8S2/c1-3-27-19(23)15-31-13-7-11-29-21(25)17-9-5-6-10-18(17)22(26)30-12-8-14-32-16-20(24)28-4-2/h5-6,9-10H,3-4,7-8,11-16H2,1-2H3. The quantitative estimate of drug-likeness (QED) is 0.196. The van der Waals surface area contributed by atoms with Crippen molar-refractivity contribution in [2.75, 3.05) is 49.4 Å². The average Bonchev–Trinajstić information content (AvgIpc) is 2.78. The van der Waals surface area contributed by atoms with Crippen molar-refractivity contribution in [2.24, 2.45) is 0 Å². The molecule has 0 saturated carbocycles. The van der Waals surface area contributed by atoms with Crippen LogP contribution in [0.25, 0.3) is 0 Å². The summed E-state index contributed by atoms with van der Waals surface area (Å²) in [5.74, 6) is 0.0821. The van der Waals surface area contributed by atoms with E-state index in [1.54, 1.807) is 26.0 Å². The second-order valence-electron chi connectivity index (χ2n) is 6.24. The van der Waals surface area contributed by atoms with Crippen molar-refractivity contribution in [1.29, 1.82) is 0 Å². The van der Waals surface area contributed by atoms with Gasteiger partial charge in [-0.05, 0) is 50.3 Å². The summed E-state index contributed by atoms with van der Waals surface area (Å²) in [6.45, 7) is 4.57. The molecule has 0 saturated heterocycles. The number of ether oxygens (including phenoxy) is 4. The van der Waals surface area contributed by atoms with Gasteiger partial charge in [-0.25, -0.2) is 9.59 Å². The maximum absolute atomic E-state index is 12.4. The smallest absolute Gasteiger partial charge is 0.339 e. The Labute approximate surface area is 197 Å². The Kier molecular flexibility index (Phi) is 15.1. The Hall–Kier alpha value is -2.20. The van der Waals surface area contributed by atoms with Crippen LogP contribution in [0.1, 0.15) is 47.4 Å². The lowest BCUT2D eigenvalue weighted by molar-refractivity contribution is -0.140. The zero-order valence-electron chi connectivity index (χ0n) is 18.5. The molecule has 0 aromatic heterocycles. The molecule has 0 fully saturated rings. The molecule has 0 N–H and O–H groups in total. The third-order valence-electron chi connectivity index (χ3n) is 3.75. The lowest BCUT2D eigenvalue weighted by Crippen LogP contribution is -2.15. The molecule has 178 valence electrons. The van der Waals surface area contributed by atoms with E-state index < -0.39 is 11.9 Å². The Morgan fingerprint density at radius 1 is 0.688 bits per heavy atom. The summed E-state index contributed by atoms with van der Waals surface area (Å²) in [5.41, 5.74) is 0.293. The van der Waals surface area contributed by atoms with Crippen LogP contribution < -0.4 is 0 Å². The van der Waals surface area contributed by atoms with Crippen molar-refractivity contribution in [2.45, 2.75) is 26.7 Å². The SMILES string of the molecule is CCOC(=O)CSCCCOC(=O)c1ccccc1C(=O)OCCCSCC(=O)OCC. The molecule has 0 radical (unpaired) electrons. The van der Waals surface area contributed by atoms with E-state index in [0.717, 1.165) is 0 Å². The van der Waals surface area contributed by atoms with E-state index in [4.69, 9.17) is 18.9 Å². The highest BCUT2D eigenvalue weighted by Gasteiger charge is 2.19. The first-order chi connectivity index (χ1) is 15.5. The van der Waals surface area contributed by atoms with Gasteiger partial charge >= 0.3 is 23.9 Å². The van der Waals surface area contributed by atoms with Crippen molar-refractivity contribution >= 4 is 47.4 Å². The lowest BCUT2D eigenvalue weighted by atomic mass is 10.1. The van der Waals surface area contributed by atoms with Gasteiger partial charge in [0.25, 0.3) is 0 Å². The van der Waals surface area contributed by atoms with E-state index in [0.29, 0.717) is 37.6 Å². The van der Waals surface area contributed by atoms with Crippen molar-refractivity contribution in [1.82, 2.24) is 0 Å². The molecule has 1 aromatic rings. The number of hydrogen-bond acceptors (Lipinski definition) is 10. The number of hydrogen-bond donors (Lipinski definition) is 0. The molecule has 0 atom stereocenters. The molecular formula is C22H30O8S2. The molecule has 0 bridgehead atoms. The fraction of sp³-hybridized carbons (Fsp3) is 0.545. The molecule has 0 unspecified atom stereocenters. The average molecular weight is 487 g/mol. The first-order valence-corrected chi connectivity index (χ1v) is 12.7. The number of carbonyl (C=O) groups excluding carboxylic acids is 4. The van der Waals surface area contributed by atoms with Gasteiger partial charge < -0.3 is 18.9 Å². The van der Waals surface area contributed by atoms with Crippen LogP contribution in [0.5, 0.6) is 0 Å². The first kappa shape index (κ1) is 27.8. The second kappa shape index (κ2) is 17.4. The summed E-state index contributed by atoms with van der Waals surface area (Å²) in [5, 5.41) is 0. The normalized spacial score (nSPS) is 10.3. The molecule has 0 aliphatic heterocycles. The second-order valence-corrected chi connectivity index (χ2v) is 8.45. The van der Waals surface area contributed by atoms with E-state index in [1.807, 2.05) is 0 Å². The highest BCUT2D eigenvalue weighted by Crippen LogP contribution is 2.13. The molecule has 32 heavy (non-hydrogen) atoms. The van der Waals surface area contributed by atoms with Gasteiger partial charge in [0.05, 0.1) is 49.1 Å². The number of carbonyl (C=O) groups is 4. The van der Waals surface area contributed by atoms with Crippen molar-refractivity contribution in [3.05, 3.63) is 35.4 Å². The molecule has 1 rings (SSSR count). The third kappa shape index (κ3) is 12.0. The third-order valence-corrected chi connectivity index (χ3v) is 5.78. The van der Waals surface area contributed by atoms with E-state index in [2.05, 4.69) is 0 Å². The minimum absolute atomic E-state index is 0.147. The molecule has 0 spiro atoms. The lowest BCUT2D eigenvalue weighted by Gasteiger charge is -2.10. The molecule has 0 amide bonds. The largest absolute Gasteiger partial charge is 0.465 e. The molecule has 8 nitrogen and oxygen atoms in total. The zero-order valence-corrected chi connectivity index (χ0v) is 20.1. The molecule has 10 heteroatoms. The highest BCUT2D eigenvalue weighted by molar-refractivity contribution is 8.00. The Balaban J connectivity index is 2.33. The minimum Gasteiger partial charge on any atom is -0.465 e. The van der Waals surface area contributed by atoms with Gasteiger partial charge in [-0.3, -0.25) is 9.59 Å². The van der Waals surface area contributed by atoms with Gasteiger partial charge in [-0.1, -0.05) is 12.1 Å². The summed E-state index contributed by atoms with van der Waals surface area (Å²) in [6, 6.07) is 6.33. The summed E-state index contributed by atoms with van der Waals surface area (Å²) < 4.78 is 20.2. The number of rotatable bonds is 16. The van der Waals surface area contributed by atoms with E-state index in [1.165, 1.54) is 35.7 Å². The Morgan fingerprint density at radius 3 is 1.47 bits per heavy atom. The number of esters is 4. The fourth-order valence-electron chi connectivity index (χ4n) is 2.36. The zero-order chi connectivity index (χ0) is 23.6. The van der Waals surface area contributed by atoms with Crippen LogP contribution in [0.2, 0.25) is 0 Å². The minimum atomic E-state index is -0.599. The van der Waals surface area contributed by atoms with E-state index in [-0.39, 0.29) is 47.8 Å². The Bertz CT molecular complexity index is 677. The van der Waals surface area contributed by atoms with Gasteiger partial charge in [0, 0.05) is 0 Å². The molecule has 0 aliphatic carbocycles. The highest BCUT2D eigenvalue weighted by atomic mass is 32.2. The van der Waals surface area contributed by atoms with Crippen LogP contribution in [-0.4, -0.2) is 73.3 Å². The van der Waals surface area contributed by atoms with E-state index in [9.17, 15) is 19.2 Å². The van der Waals surface area contributed by atoms with Gasteiger partial charge in [0.1, 0.15) is 0 Å². The van der Waals surface area contributed by atoms with Gasteiger partial charge in [-0.15, -0.1) is 0 Å². The summed E-state index contributed by atoms with van der Waals surface area (Å²) in [7, 11) is 0. The van der Waals surface area contributed by atoms with Crippen LogP contribution >= 0.6 is 23.5 Å². The predicted octanol–water partition coefficient (Wildman–Crippen LogP) is 3.37. The van der Waals surface area contributed by atoms with Gasteiger partial charge in [0.2, 0.25) is 0 Å². The Morgan fingerprint density at radius 2 is 1.09 bits per heavy atom. The molecule has 0 aliphatic rings. The summed E-state index contributed by atoms with van der Waals surface area (Å²) in [6.07, 6.45) is 1.15. The summed E-state index contributed by atoms with van der Waals surface area (Å²) >= 11 is 2.82. The van der Waals surface area contributed by atoms with Crippen LogP contribution in [0.4, 0.5) is 0 Å².